The van der Waals surface area contributed by atoms with E-state index in [0.29, 0.717) is 19.0 Å². The van der Waals surface area contributed by atoms with Crippen LogP contribution < -0.4 is 0 Å². The molecule has 0 atom stereocenters. The van der Waals surface area contributed by atoms with Crippen molar-refractivity contribution in [3.05, 3.63) is 29.6 Å². The van der Waals surface area contributed by atoms with Gasteiger partial charge in [-0.3, -0.25) is 0 Å². The van der Waals surface area contributed by atoms with Crippen molar-refractivity contribution in [2.75, 3.05) is 18.8 Å². The first kappa shape index (κ1) is 14.5. The number of hydrogen-bond acceptors (Lipinski definition) is 3. The van der Waals surface area contributed by atoms with Crippen molar-refractivity contribution >= 4 is 21.1 Å². The average molecular weight is 307 g/mol. The van der Waals surface area contributed by atoms with Gasteiger partial charge >= 0.3 is 0 Å². The van der Waals surface area contributed by atoms with Gasteiger partial charge in [-0.05, 0) is 44.4 Å². The van der Waals surface area contributed by atoms with Crippen molar-refractivity contribution in [2.24, 2.45) is 0 Å². The van der Waals surface area contributed by atoms with Crippen LogP contribution in [0.4, 0.5) is 0 Å². The fraction of sp³-hybridized carbons (Fsp3) is 0.533. The van der Waals surface area contributed by atoms with Gasteiger partial charge in [-0.15, -0.1) is 0 Å². The SMILES string of the molecule is CCS(=O)(=O)N1CCC(c2nc3ccc(C)cc3[nH]2)CC1. The number of piperidine rings is 1. The predicted molar refractivity (Wildman–Crippen MR) is 83.8 cm³/mol. The number of aromatic nitrogens is 2. The van der Waals surface area contributed by atoms with Gasteiger partial charge in [-0.2, -0.15) is 0 Å². The number of benzene rings is 1. The summed E-state index contributed by atoms with van der Waals surface area (Å²) < 4.78 is 25.4. The van der Waals surface area contributed by atoms with Gasteiger partial charge in [0.15, 0.2) is 0 Å². The Morgan fingerprint density at radius 1 is 1.33 bits per heavy atom. The van der Waals surface area contributed by atoms with Crippen LogP contribution in [0.2, 0.25) is 0 Å². The van der Waals surface area contributed by atoms with Crippen molar-refractivity contribution in [1.29, 1.82) is 0 Å². The Morgan fingerprint density at radius 2 is 2.05 bits per heavy atom. The van der Waals surface area contributed by atoms with E-state index in [-0.39, 0.29) is 5.75 Å². The molecule has 1 N–H and O–H groups in total. The van der Waals surface area contributed by atoms with E-state index in [2.05, 4.69) is 29.0 Å². The normalized spacial score (nSPS) is 18.4. The maximum absolute atomic E-state index is 11.9. The first-order chi connectivity index (χ1) is 9.99. The molecule has 1 aliphatic rings. The number of imidazole rings is 1. The van der Waals surface area contributed by atoms with E-state index in [0.717, 1.165) is 29.7 Å². The van der Waals surface area contributed by atoms with E-state index >= 15 is 0 Å². The second kappa shape index (κ2) is 5.42. The van der Waals surface area contributed by atoms with Crippen LogP contribution in [0.3, 0.4) is 0 Å². The van der Waals surface area contributed by atoms with Crippen molar-refractivity contribution < 1.29 is 8.42 Å². The molecule has 2 aromatic rings. The molecule has 1 aromatic heterocycles. The second-order valence-electron chi connectivity index (χ2n) is 5.72. The van der Waals surface area contributed by atoms with Gasteiger partial charge in [0, 0.05) is 19.0 Å². The van der Waals surface area contributed by atoms with Crippen LogP contribution in [-0.4, -0.2) is 41.5 Å². The van der Waals surface area contributed by atoms with Gasteiger partial charge in [-0.25, -0.2) is 17.7 Å². The molecule has 0 spiro atoms. The molecule has 1 saturated heterocycles. The monoisotopic (exact) mass is 307 g/mol. The quantitative estimate of drug-likeness (QED) is 0.947. The molecule has 0 unspecified atom stereocenters. The van der Waals surface area contributed by atoms with Crippen LogP contribution in [0.1, 0.15) is 37.1 Å². The maximum Gasteiger partial charge on any atom is 0.213 e. The zero-order valence-electron chi connectivity index (χ0n) is 12.5. The Kier molecular flexibility index (Phi) is 3.75. The van der Waals surface area contributed by atoms with Crippen LogP contribution in [0, 0.1) is 6.92 Å². The molecule has 3 rings (SSSR count). The molecule has 114 valence electrons. The molecule has 1 aliphatic heterocycles. The minimum Gasteiger partial charge on any atom is -0.342 e. The lowest BCUT2D eigenvalue weighted by molar-refractivity contribution is 0.315. The number of H-pyrrole nitrogens is 1. The first-order valence-corrected chi connectivity index (χ1v) is 9.04. The van der Waals surface area contributed by atoms with E-state index in [4.69, 9.17) is 0 Å². The summed E-state index contributed by atoms with van der Waals surface area (Å²) in [5, 5.41) is 0. The van der Waals surface area contributed by atoms with Crippen molar-refractivity contribution in [3.8, 4) is 0 Å². The molecule has 0 amide bonds. The Balaban J connectivity index is 1.76. The highest BCUT2D eigenvalue weighted by Crippen LogP contribution is 2.29. The highest BCUT2D eigenvalue weighted by molar-refractivity contribution is 7.89. The van der Waals surface area contributed by atoms with Crippen LogP contribution in [0.5, 0.6) is 0 Å². The van der Waals surface area contributed by atoms with E-state index in [1.54, 1.807) is 11.2 Å². The largest absolute Gasteiger partial charge is 0.342 e. The number of aromatic amines is 1. The predicted octanol–water partition coefficient (Wildman–Crippen LogP) is 2.40. The molecule has 1 aromatic carbocycles. The van der Waals surface area contributed by atoms with Crippen LogP contribution in [0.15, 0.2) is 18.2 Å². The number of nitrogens with one attached hydrogen (secondary N) is 1. The van der Waals surface area contributed by atoms with Crippen molar-refractivity contribution in [2.45, 2.75) is 32.6 Å². The zero-order chi connectivity index (χ0) is 15.0. The van der Waals surface area contributed by atoms with Crippen molar-refractivity contribution in [3.63, 3.8) is 0 Å². The van der Waals surface area contributed by atoms with Gasteiger partial charge in [-0.1, -0.05) is 6.07 Å². The average Bonchev–Trinajstić information content (AvgIpc) is 2.90. The Hall–Kier alpha value is -1.40. The molecule has 6 heteroatoms. The summed E-state index contributed by atoms with van der Waals surface area (Å²) in [5.74, 6) is 1.49. The molecule has 0 bridgehead atoms. The van der Waals surface area contributed by atoms with E-state index in [9.17, 15) is 8.42 Å². The zero-order valence-corrected chi connectivity index (χ0v) is 13.3. The lowest BCUT2D eigenvalue weighted by Gasteiger charge is -2.29. The third-order valence-electron chi connectivity index (χ3n) is 4.25. The number of rotatable bonds is 3. The molecular formula is C15H21N3O2S. The summed E-state index contributed by atoms with van der Waals surface area (Å²) in [5.41, 5.74) is 3.26. The Bertz CT molecular complexity index is 743. The fourth-order valence-corrected chi connectivity index (χ4v) is 4.06. The molecule has 0 saturated carbocycles. The summed E-state index contributed by atoms with van der Waals surface area (Å²) >= 11 is 0. The van der Waals surface area contributed by atoms with Gasteiger partial charge in [0.2, 0.25) is 10.0 Å². The number of sulfonamides is 1. The maximum atomic E-state index is 11.9. The van der Waals surface area contributed by atoms with Gasteiger partial charge in [0.25, 0.3) is 0 Å². The summed E-state index contributed by atoms with van der Waals surface area (Å²) in [6.45, 7) is 4.95. The van der Waals surface area contributed by atoms with E-state index in [1.165, 1.54) is 5.56 Å². The molecule has 2 heterocycles. The topological polar surface area (TPSA) is 66.1 Å². The summed E-state index contributed by atoms with van der Waals surface area (Å²) in [7, 11) is -3.05. The van der Waals surface area contributed by atoms with Crippen LogP contribution in [-0.2, 0) is 10.0 Å². The van der Waals surface area contributed by atoms with Gasteiger partial charge < -0.3 is 4.98 Å². The standard InChI is InChI=1S/C15H21N3O2S/c1-3-21(19,20)18-8-6-12(7-9-18)15-16-13-5-4-11(2)10-14(13)17-15/h4-5,10,12H,3,6-9H2,1-2H3,(H,16,17). The molecule has 0 radical (unpaired) electrons. The highest BCUT2D eigenvalue weighted by atomic mass is 32.2. The molecule has 21 heavy (non-hydrogen) atoms. The third-order valence-corrected chi connectivity index (χ3v) is 6.14. The summed E-state index contributed by atoms with van der Waals surface area (Å²) in [6.07, 6.45) is 1.66. The minimum absolute atomic E-state index is 0.182. The minimum atomic E-state index is -3.05. The van der Waals surface area contributed by atoms with Gasteiger partial charge in [0.05, 0.1) is 16.8 Å². The van der Waals surface area contributed by atoms with Crippen LogP contribution >= 0.6 is 0 Å². The molecule has 1 fully saturated rings. The summed E-state index contributed by atoms with van der Waals surface area (Å²) in [6, 6.07) is 6.19. The summed E-state index contributed by atoms with van der Waals surface area (Å²) in [4.78, 5) is 8.06. The first-order valence-electron chi connectivity index (χ1n) is 7.43. The lowest BCUT2D eigenvalue weighted by atomic mass is 9.97. The Morgan fingerprint density at radius 3 is 2.71 bits per heavy atom. The molecular weight excluding hydrogens is 286 g/mol. The lowest BCUT2D eigenvalue weighted by Crippen LogP contribution is -2.38. The number of fused-ring (bicyclic) bond motifs is 1. The van der Waals surface area contributed by atoms with Gasteiger partial charge in [0.1, 0.15) is 5.82 Å². The molecule has 0 aliphatic carbocycles. The fourth-order valence-electron chi connectivity index (χ4n) is 2.93. The highest BCUT2D eigenvalue weighted by Gasteiger charge is 2.28. The van der Waals surface area contributed by atoms with Crippen LogP contribution in [0.25, 0.3) is 11.0 Å². The number of hydrogen-bond donors (Lipinski definition) is 1. The molecule has 5 nitrogen and oxygen atoms in total. The number of aryl methyl sites for hydroxylation is 1. The van der Waals surface area contributed by atoms with E-state index < -0.39 is 10.0 Å². The smallest absolute Gasteiger partial charge is 0.213 e. The Labute approximate surface area is 125 Å². The number of nitrogens with zero attached hydrogens (tertiary/aromatic N) is 2. The van der Waals surface area contributed by atoms with Crippen molar-refractivity contribution in [1.82, 2.24) is 14.3 Å². The van der Waals surface area contributed by atoms with E-state index in [1.807, 2.05) is 6.07 Å². The second-order valence-corrected chi connectivity index (χ2v) is 7.97. The third kappa shape index (κ3) is 2.82.